The van der Waals surface area contributed by atoms with E-state index in [9.17, 15) is 9.59 Å². The molecule has 1 aliphatic heterocycles. The third-order valence-electron chi connectivity index (χ3n) is 4.23. The van der Waals surface area contributed by atoms with Crippen LogP contribution in [0.5, 0.6) is 0 Å². The van der Waals surface area contributed by atoms with E-state index in [-0.39, 0.29) is 23.1 Å². The molecule has 1 aromatic rings. The van der Waals surface area contributed by atoms with Crippen LogP contribution in [0.3, 0.4) is 0 Å². The lowest BCUT2D eigenvalue weighted by atomic mass is 9.92. The van der Waals surface area contributed by atoms with Gasteiger partial charge in [-0.3, -0.25) is 14.7 Å². The molecule has 1 aromatic heterocycles. The predicted molar refractivity (Wildman–Crippen MR) is 88.2 cm³/mol. The Morgan fingerprint density at radius 3 is 2.57 bits per heavy atom. The van der Waals surface area contributed by atoms with Gasteiger partial charge in [-0.25, -0.2) is 0 Å². The first kappa shape index (κ1) is 17.5. The minimum atomic E-state index is -0.225. The number of rotatable bonds is 2. The molecule has 0 unspecified atom stereocenters. The fourth-order valence-corrected chi connectivity index (χ4v) is 2.71. The summed E-state index contributed by atoms with van der Waals surface area (Å²) < 4.78 is 0. The first-order valence-corrected chi connectivity index (χ1v) is 7.97. The van der Waals surface area contributed by atoms with Gasteiger partial charge in [-0.1, -0.05) is 20.8 Å². The second-order valence-electron chi connectivity index (χ2n) is 7.24. The highest BCUT2D eigenvalue weighted by atomic mass is 16.2. The van der Waals surface area contributed by atoms with E-state index in [1.807, 2.05) is 13.1 Å². The van der Waals surface area contributed by atoms with Gasteiger partial charge in [0.1, 0.15) is 5.69 Å². The third-order valence-corrected chi connectivity index (χ3v) is 4.23. The van der Waals surface area contributed by atoms with Gasteiger partial charge in [0.15, 0.2) is 0 Å². The predicted octanol–water partition coefficient (Wildman–Crippen LogP) is 0.457. The normalized spacial score (nSPS) is 20.2. The van der Waals surface area contributed by atoms with E-state index in [1.54, 1.807) is 11.9 Å². The molecule has 0 aromatic carbocycles. The summed E-state index contributed by atoms with van der Waals surface area (Å²) >= 11 is 0. The Balaban J connectivity index is 2.17. The maximum atomic E-state index is 12.7. The van der Waals surface area contributed by atoms with Crippen molar-refractivity contribution in [3.05, 3.63) is 17.5 Å². The minimum absolute atomic E-state index is 0.0334. The molecular formula is C16H27N5O2. The van der Waals surface area contributed by atoms with Crippen molar-refractivity contribution in [3.63, 3.8) is 0 Å². The van der Waals surface area contributed by atoms with Gasteiger partial charge < -0.3 is 15.1 Å². The zero-order valence-electron chi connectivity index (χ0n) is 14.6. The zero-order valence-corrected chi connectivity index (χ0v) is 14.6. The molecule has 23 heavy (non-hydrogen) atoms. The Kier molecular flexibility index (Phi) is 5.09. The number of nitrogens with zero attached hydrogens (tertiary/aromatic N) is 3. The van der Waals surface area contributed by atoms with Crippen LogP contribution in [0, 0.1) is 5.92 Å². The number of aromatic amines is 1. The number of aromatic nitrogens is 2. The van der Waals surface area contributed by atoms with E-state index in [0.29, 0.717) is 25.3 Å². The van der Waals surface area contributed by atoms with Crippen LogP contribution in [0.1, 0.15) is 37.0 Å². The van der Waals surface area contributed by atoms with E-state index in [1.165, 1.54) is 0 Å². The summed E-state index contributed by atoms with van der Waals surface area (Å²) in [5, 5.41) is 9.80. The lowest BCUT2D eigenvalue weighted by Crippen LogP contribution is -2.41. The largest absolute Gasteiger partial charge is 0.359 e. The van der Waals surface area contributed by atoms with Crippen molar-refractivity contribution >= 4 is 11.8 Å². The standard InChI is InChI=1S/C16H27N5O2/c1-16(2,3)13-8-12(18-19-13)15(23)21-7-6-20(5)9-11(10-21)14(22)17-4/h8,11H,6-7,9-10H2,1-5H3,(H,17,22)(H,18,19)/t11-/m0/s1. The van der Waals surface area contributed by atoms with Gasteiger partial charge in [-0.05, 0) is 13.1 Å². The lowest BCUT2D eigenvalue weighted by Gasteiger charge is -2.22. The summed E-state index contributed by atoms with van der Waals surface area (Å²) in [6.45, 7) is 8.61. The second kappa shape index (κ2) is 6.70. The molecule has 2 amide bonds. The molecule has 7 heteroatoms. The first-order valence-electron chi connectivity index (χ1n) is 7.97. The zero-order chi connectivity index (χ0) is 17.2. The number of carbonyl (C=O) groups excluding carboxylic acids is 2. The Morgan fingerprint density at radius 2 is 2.00 bits per heavy atom. The molecule has 2 N–H and O–H groups in total. The van der Waals surface area contributed by atoms with Gasteiger partial charge in [0.25, 0.3) is 5.91 Å². The van der Waals surface area contributed by atoms with E-state index in [0.717, 1.165) is 12.2 Å². The van der Waals surface area contributed by atoms with Crippen LogP contribution in [0.15, 0.2) is 6.07 Å². The van der Waals surface area contributed by atoms with Crippen LogP contribution in [-0.4, -0.2) is 72.1 Å². The van der Waals surface area contributed by atoms with Crippen molar-refractivity contribution in [2.45, 2.75) is 26.2 Å². The molecule has 0 saturated carbocycles. The third kappa shape index (κ3) is 4.10. The summed E-state index contributed by atoms with van der Waals surface area (Å²) in [5.41, 5.74) is 1.25. The van der Waals surface area contributed by atoms with Crippen LogP contribution < -0.4 is 5.32 Å². The average molecular weight is 321 g/mol. The molecule has 0 aliphatic carbocycles. The number of hydrogen-bond donors (Lipinski definition) is 2. The summed E-state index contributed by atoms with van der Waals surface area (Å²) in [6.07, 6.45) is 0. The van der Waals surface area contributed by atoms with E-state index >= 15 is 0 Å². The smallest absolute Gasteiger partial charge is 0.274 e. The monoisotopic (exact) mass is 321 g/mol. The molecule has 0 spiro atoms. The maximum Gasteiger partial charge on any atom is 0.274 e. The van der Waals surface area contributed by atoms with E-state index in [2.05, 4.69) is 41.2 Å². The van der Waals surface area contributed by atoms with Gasteiger partial charge >= 0.3 is 0 Å². The molecule has 2 heterocycles. The van der Waals surface area contributed by atoms with Crippen molar-refractivity contribution in [1.29, 1.82) is 0 Å². The summed E-state index contributed by atoms with van der Waals surface area (Å²) in [4.78, 5) is 28.6. The number of carbonyl (C=O) groups is 2. The number of H-pyrrole nitrogens is 1. The highest BCUT2D eigenvalue weighted by molar-refractivity contribution is 5.93. The molecule has 1 atom stereocenters. The molecule has 1 saturated heterocycles. The van der Waals surface area contributed by atoms with Gasteiger partial charge in [-0.15, -0.1) is 0 Å². The van der Waals surface area contributed by atoms with Gasteiger partial charge in [0.05, 0.1) is 5.92 Å². The Hall–Kier alpha value is -1.89. The van der Waals surface area contributed by atoms with E-state index in [4.69, 9.17) is 0 Å². The number of amides is 2. The summed E-state index contributed by atoms with van der Waals surface area (Å²) in [7, 11) is 3.60. The number of likely N-dealkylation sites (N-methyl/N-ethyl adjacent to an activating group) is 1. The van der Waals surface area contributed by atoms with Crippen LogP contribution >= 0.6 is 0 Å². The number of nitrogens with one attached hydrogen (secondary N) is 2. The molecule has 1 aliphatic rings. The molecular weight excluding hydrogens is 294 g/mol. The van der Waals surface area contributed by atoms with Gasteiger partial charge in [-0.2, -0.15) is 5.10 Å². The van der Waals surface area contributed by atoms with Gasteiger partial charge in [0.2, 0.25) is 5.91 Å². The number of hydrogen-bond acceptors (Lipinski definition) is 4. The highest BCUT2D eigenvalue weighted by Crippen LogP contribution is 2.21. The fraction of sp³-hybridized carbons (Fsp3) is 0.688. The van der Waals surface area contributed by atoms with Crippen molar-refractivity contribution < 1.29 is 9.59 Å². The summed E-state index contributed by atoms with van der Waals surface area (Å²) in [6, 6.07) is 1.81. The maximum absolute atomic E-state index is 12.7. The minimum Gasteiger partial charge on any atom is -0.359 e. The molecule has 0 radical (unpaired) electrons. The quantitative estimate of drug-likeness (QED) is 0.829. The first-order chi connectivity index (χ1) is 10.7. The Labute approximate surface area is 137 Å². The van der Waals surface area contributed by atoms with Gasteiger partial charge in [0, 0.05) is 44.3 Å². The molecule has 2 rings (SSSR count). The molecule has 1 fully saturated rings. The van der Waals surface area contributed by atoms with Crippen molar-refractivity contribution in [3.8, 4) is 0 Å². The van der Waals surface area contributed by atoms with Crippen LogP contribution in [0.4, 0.5) is 0 Å². The van der Waals surface area contributed by atoms with Crippen molar-refractivity contribution in [2.24, 2.45) is 5.92 Å². The Morgan fingerprint density at radius 1 is 1.30 bits per heavy atom. The topological polar surface area (TPSA) is 81.3 Å². The van der Waals surface area contributed by atoms with Crippen molar-refractivity contribution in [1.82, 2.24) is 25.3 Å². The highest BCUT2D eigenvalue weighted by Gasteiger charge is 2.30. The van der Waals surface area contributed by atoms with Crippen LogP contribution in [0.2, 0.25) is 0 Å². The SMILES string of the molecule is CNC(=O)[C@H]1CN(C)CCN(C(=O)c2cc(C(C)(C)C)[nH]n2)C1. The lowest BCUT2D eigenvalue weighted by molar-refractivity contribution is -0.125. The second-order valence-corrected chi connectivity index (χ2v) is 7.24. The molecule has 128 valence electrons. The van der Waals surface area contributed by atoms with Crippen LogP contribution in [0.25, 0.3) is 0 Å². The average Bonchev–Trinajstić information content (AvgIpc) is 2.90. The van der Waals surface area contributed by atoms with Crippen LogP contribution in [-0.2, 0) is 10.2 Å². The summed E-state index contributed by atoms with van der Waals surface area (Å²) in [5.74, 6) is -0.382. The molecule has 7 nitrogen and oxygen atoms in total. The van der Waals surface area contributed by atoms with E-state index < -0.39 is 0 Å². The fourth-order valence-electron chi connectivity index (χ4n) is 2.71. The van der Waals surface area contributed by atoms with Crippen molar-refractivity contribution in [2.75, 3.05) is 40.3 Å². The Bertz CT molecular complexity index is 575. The molecule has 0 bridgehead atoms.